The summed E-state index contributed by atoms with van der Waals surface area (Å²) in [5, 5.41) is 2.72. The Morgan fingerprint density at radius 1 is 1.12 bits per heavy atom. The van der Waals surface area contributed by atoms with E-state index in [1.807, 2.05) is 0 Å². The summed E-state index contributed by atoms with van der Waals surface area (Å²) in [6.07, 6.45) is 3.37. The highest BCUT2D eigenvalue weighted by atomic mass is 19.3. The Balaban J connectivity index is 1.80. The van der Waals surface area contributed by atoms with Crippen LogP contribution in [-0.4, -0.2) is 33.9 Å². The second-order valence-electron chi connectivity index (χ2n) is 8.34. The van der Waals surface area contributed by atoms with Gasteiger partial charge < -0.3 is 10.1 Å². The first kappa shape index (κ1) is 23.6. The minimum Gasteiger partial charge on any atom is -0.467 e. The van der Waals surface area contributed by atoms with Crippen molar-refractivity contribution in [3.05, 3.63) is 65.7 Å². The second kappa shape index (κ2) is 9.36. The third-order valence-corrected chi connectivity index (χ3v) is 5.99. The minimum atomic E-state index is -2.79. The number of hydrogen-bond donors (Lipinski definition) is 1. The third kappa shape index (κ3) is 4.85. The van der Waals surface area contributed by atoms with Gasteiger partial charge in [0.2, 0.25) is 5.92 Å². The van der Waals surface area contributed by atoms with Crippen LogP contribution >= 0.6 is 0 Å². The molecule has 1 amide bonds. The molecule has 3 aromatic rings. The van der Waals surface area contributed by atoms with E-state index >= 15 is 0 Å². The van der Waals surface area contributed by atoms with Crippen molar-refractivity contribution < 1.29 is 27.1 Å². The van der Waals surface area contributed by atoms with Crippen LogP contribution in [-0.2, 0) is 0 Å². The van der Waals surface area contributed by atoms with Crippen LogP contribution in [0.25, 0.3) is 11.1 Å². The zero-order valence-corrected chi connectivity index (χ0v) is 18.5. The number of ether oxygens (including phenoxy) is 1. The predicted octanol–water partition coefficient (Wildman–Crippen LogP) is 5.62. The molecule has 178 valence electrons. The number of benzene rings is 1. The first-order valence-electron chi connectivity index (χ1n) is 10.7. The fourth-order valence-corrected chi connectivity index (χ4v) is 4.32. The molecular formula is C24H22F4N4O2. The fraction of sp³-hybridized carbons (Fsp3) is 0.333. The monoisotopic (exact) mass is 474 g/mol. The van der Waals surface area contributed by atoms with E-state index < -0.39 is 35.3 Å². The SMILES string of the molecule is COc1ncc(C(=O)Nc2c(-c3cc(F)ccc3F)ccnc2[C@H]2CCC(F)(F)C[C@H]2C)cn1. The van der Waals surface area contributed by atoms with Gasteiger partial charge in [0.15, 0.2) is 0 Å². The number of amides is 1. The van der Waals surface area contributed by atoms with E-state index in [4.69, 9.17) is 4.74 Å². The molecule has 2 heterocycles. The highest BCUT2D eigenvalue weighted by molar-refractivity contribution is 6.06. The number of halogens is 4. The van der Waals surface area contributed by atoms with E-state index in [1.165, 1.54) is 31.8 Å². The Morgan fingerprint density at radius 3 is 2.53 bits per heavy atom. The number of alkyl halides is 2. The van der Waals surface area contributed by atoms with Crippen molar-refractivity contribution in [1.82, 2.24) is 15.0 Å². The summed E-state index contributed by atoms with van der Waals surface area (Å²) >= 11 is 0. The number of aromatic nitrogens is 3. The first-order valence-corrected chi connectivity index (χ1v) is 10.7. The molecule has 2 aromatic heterocycles. The van der Waals surface area contributed by atoms with E-state index in [0.29, 0.717) is 5.69 Å². The standard InChI is InChI=1S/C24H22F4N4O2/c1-13-10-24(27,28)7-5-16(13)20-21(32-22(33)14-11-30-23(34-2)31-12-14)17(6-8-29-20)18-9-15(25)3-4-19(18)26/h3-4,6,8-9,11-13,16H,5,7,10H2,1-2H3,(H,32,33)/t13-,16+/m1/s1. The summed E-state index contributed by atoms with van der Waals surface area (Å²) in [7, 11) is 1.38. The molecule has 0 saturated heterocycles. The molecule has 1 saturated carbocycles. The van der Waals surface area contributed by atoms with Gasteiger partial charge in [-0.05, 0) is 36.6 Å². The molecule has 4 rings (SSSR count). The number of carbonyl (C=O) groups excluding carboxylic acids is 1. The normalized spacial score (nSPS) is 19.5. The predicted molar refractivity (Wildman–Crippen MR) is 117 cm³/mol. The average molecular weight is 474 g/mol. The molecule has 1 aromatic carbocycles. The maximum atomic E-state index is 14.7. The highest BCUT2D eigenvalue weighted by Crippen LogP contribution is 2.47. The summed E-state index contributed by atoms with van der Waals surface area (Å²) in [5.41, 5.74) is 0.666. The average Bonchev–Trinajstić information content (AvgIpc) is 2.80. The van der Waals surface area contributed by atoms with Gasteiger partial charge in [-0.1, -0.05) is 6.92 Å². The van der Waals surface area contributed by atoms with Gasteiger partial charge in [-0.3, -0.25) is 9.78 Å². The van der Waals surface area contributed by atoms with Gasteiger partial charge in [-0.2, -0.15) is 0 Å². The van der Waals surface area contributed by atoms with Gasteiger partial charge in [0, 0.05) is 48.5 Å². The van der Waals surface area contributed by atoms with Crippen LogP contribution in [0.4, 0.5) is 23.2 Å². The van der Waals surface area contributed by atoms with Crippen LogP contribution in [0.15, 0.2) is 42.9 Å². The zero-order chi connectivity index (χ0) is 24.5. The lowest BCUT2D eigenvalue weighted by molar-refractivity contribution is -0.0558. The van der Waals surface area contributed by atoms with Gasteiger partial charge in [0.25, 0.3) is 5.91 Å². The number of hydrogen-bond acceptors (Lipinski definition) is 5. The van der Waals surface area contributed by atoms with Gasteiger partial charge >= 0.3 is 6.01 Å². The van der Waals surface area contributed by atoms with Crippen molar-refractivity contribution in [3.8, 4) is 17.1 Å². The molecule has 6 nitrogen and oxygen atoms in total. The van der Waals surface area contributed by atoms with Crippen LogP contribution in [0.2, 0.25) is 0 Å². The summed E-state index contributed by atoms with van der Waals surface area (Å²) in [5.74, 6) is -5.65. The molecule has 34 heavy (non-hydrogen) atoms. The smallest absolute Gasteiger partial charge is 0.316 e. The van der Waals surface area contributed by atoms with E-state index in [0.717, 1.165) is 18.2 Å². The maximum absolute atomic E-state index is 14.7. The van der Waals surface area contributed by atoms with Gasteiger partial charge in [-0.15, -0.1) is 0 Å². The number of nitrogens with zero attached hydrogens (tertiary/aromatic N) is 3. The molecule has 2 atom stereocenters. The summed E-state index contributed by atoms with van der Waals surface area (Å²) in [6.45, 7) is 1.69. The van der Waals surface area contributed by atoms with Gasteiger partial charge in [0.05, 0.1) is 24.1 Å². The Labute approximate surface area is 193 Å². The molecule has 0 bridgehead atoms. The molecule has 1 N–H and O–H groups in total. The number of nitrogens with one attached hydrogen (secondary N) is 1. The van der Waals surface area contributed by atoms with Crippen LogP contribution < -0.4 is 10.1 Å². The summed E-state index contributed by atoms with van der Waals surface area (Å²) in [4.78, 5) is 25.2. The van der Waals surface area contributed by atoms with Gasteiger partial charge in [0.1, 0.15) is 11.6 Å². The third-order valence-electron chi connectivity index (χ3n) is 5.99. The van der Waals surface area contributed by atoms with Crippen molar-refractivity contribution in [1.29, 1.82) is 0 Å². The molecule has 0 aliphatic heterocycles. The Bertz CT molecular complexity index is 1200. The lowest BCUT2D eigenvalue weighted by atomic mass is 9.75. The lowest BCUT2D eigenvalue weighted by Crippen LogP contribution is -2.31. The zero-order valence-electron chi connectivity index (χ0n) is 18.5. The maximum Gasteiger partial charge on any atom is 0.316 e. The molecular weight excluding hydrogens is 452 g/mol. The van der Waals surface area contributed by atoms with E-state index in [-0.39, 0.29) is 47.7 Å². The number of methoxy groups -OCH3 is 1. The van der Waals surface area contributed by atoms with E-state index in [2.05, 4.69) is 20.3 Å². The number of carbonyl (C=O) groups is 1. The molecule has 0 unspecified atom stereocenters. The van der Waals surface area contributed by atoms with Crippen molar-refractivity contribution >= 4 is 11.6 Å². The minimum absolute atomic E-state index is 0.0677. The molecule has 0 radical (unpaired) electrons. The number of rotatable bonds is 5. The quantitative estimate of drug-likeness (QED) is 0.486. The van der Waals surface area contributed by atoms with Crippen molar-refractivity contribution in [3.63, 3.8) is 0 Å². The first-order chi connectivity index (χ1) is 16.2. The number of pyridine rings is 1. The van der Waals surface area contributed by atoms with E-state index in [1.54, 1.807) is 6.92 Å². The summed E-state index contributed by atoms with van der Waals surface area (Å²) in [6, 6.07) is 4.50. The Morgan fingerprint density at radius 2 is 1.85 bits per heavy atom. The molecule has 10 heteroatoms. The van der Waals surface area contributed by atoms with Crippen LogP contribution in [0.5, 0.6) is 6.01 Å². The Hall–Kier alpha value is -3.56. The highest BCUT2D eigenvalue weighted by Gasteiger charge is 2.41. The molecule has 1 aliphatic carbocycles. The summed E-state index contributed by atoms with van der Waals surface area (Å²) < 4.78 is 61.5. The van der Waals surface area contributed by atoms with Crippen LogP contribution in [0, 0.1) is 17.6 Å². The largest absolute Gasteiger partial charge is 0.467 e. The number of anilines is 1. The van der Waals surface area contributed by atoms with E-state index in [9.17, 15) is 22.4 Å². The molecule has 1 aliphatic rings. The van der Waals surface area contributed by atoms with Crippen LogP contribution in [0.3, 0.4) is 0 Å². The van der Waals surface area contributed by atoms with Crippen molar-refractivity contribution in [2.45, 2.75) is 38.0 Å². The second-order valence-corrected chi connectivity index (χ2v) is 8.34. The molecule has 0 spiro atoms. The van der Waals surface area contributed by atoms with Gasteiger partial charge in [-0.25, -0.2) is 27.5 Å². The Kier molecular flexibility index (Phi) is 6.49. The van der Waals surface area contributed by atoms with Crippen LogP contribution in [0.1, 0.15) is 48.2 Å². The molecule has 1 fully saturated rings. The van der Waals surface area contributed by atoms with Crippen molar-refractivity contribution in [2.75, 3.05) is 12.4 Å². The fourth-order valence-electron chi connectivity index (χ4n) is 4.32. The lowest BCUT2D eigenvalue weighted by Gasteiger charge is -2.34. The topological polar surface area (TPSA) is 77.0 Å². The van der Waals surface area contributed by atoms with Crippen molar-refractivity contribution in [2.24, 2.45) is 5.92 Å².